The number of imide groups is 1. The fourth-order valence-corrected chi connectivity index (χ4v) is 5.89. The number of anilines is 2. The Bertz CT molecular complexity index is 1720. The molecule has 2 N–H and O–H groups in total. The second-order valence-corrected chi connectivity index (χ2v) is 12.2. The minimum atomic E-state index is -0.550. The van der Waals surface area contributed by atoms with E-state index in [-0.39, 0.29) is 23.9 Å². The van der Waals surface area contributed by atoms with Crippen molar-refractivity contribution < 1.29 is 19.2 Å². The molecule has 222 valence electrons. The molecule has 0 aromatic heterocycles. The molecule has 0 aliphatic carbocycles. The summed E-state index contributed by atoms with van der Waals surface area (Å²) in [5, 5.41) is 5.39. The van der Waals surface area contributed by atoms with Gasteiger partial charge in [0.15, 0.2) is 0 Å². The van der Waals surface area contributed by atoms with Crippen molar-refractivity contribution >= 4 is 64.4 Å². The molecule has 0 bridgehead atoms. The van der Waals surface area contributed by atoms with Gasteiger partial charge in [-0.25, -0.2) is 4.90 Å². The third-order valence-electron chi connectivity index (χ3n) is 7.05. The molecule has 1 fully saturated rings. The fourth-order valence-electron chi connectivity index (χ4n) is 4.65. The molecule has 1 saturated heterocycles. The second kappa shape index (κ2) is 13.8. The average Bonchev–Trinajstić information content (AvgIpc) is 3.30. The van der Waals surface area contributed by atoms with Crippen LogP contribution in [-0.4, -0.2) is 28.9 Å². The van der Waals surface area contributed by atoms with E-state index in [0.29, 0.717) is 33.4 Å². The molecule has 7 nitrogen and oxygen atoms in total. The fraction of sp³-hybridized carbons (Fsp3) is 0.143. The molecular weight excluding hydrogens is 594 g/mol. The van der Waals surface area contributed by atoms with Gasteiger partial charge in [-0.15, -0.1) is 11.8 Å². The maximum Gasteiger partial charge on any atom is 0.272 e. The smallest absolute Gasteiger partial charge is 0.272 e. The van der Waals surface area contributed by atoms with E-state index in [2.05, 4.69) is 24.5 Å². The van der Waals surface area contributed by atoms with Crippen LogP contribution in [-0.2, 0) is 14.4 Å². The zero-order valence-electron chi connectivity index (χ0n) is 24.1. The van der Waals surface area contributed by atoms with Crippen LogP contribution in [0.5, 0.6) is 0 Å². The lowest BCUT2D eigenvalue weighted by Gasteiger charge is -2.16. The van der Waals surface area contributed by atoms with Crippen molar-refractivity contribution in [2.45, 2.75) is 36.3 Å². The van der Waals surface area contributed by atoms with Crippen LogP contribution in [0.3, 0.4) is 0 Å². The number of rotatable bonds is 9. The van der Waals surface area contributed by atoms with Crippen molar-refractivity contribution in [3.8, 4) is 0 Å². The van der Waals surface area contributed by atoms with Gasteiger partial charge in [0.2, 0.25) is 11.8 Å². The van der Waals surface area contributed by atoms with Crippen molar-refractivity contribution in [2.75, 3.05) is 10.2 Å². The topological polar surface area (TPSA) is 95.6 Å². The number of carbonyl (C=O) groups excluding carboxylic acids is 4. The Labute approximate surface area is 265 Å². The number of nitrogens with one attached hydrogen (secondary N) is 2. The van der Waals surface area contributed by atoms with E-state index in [0.717, 1.165) is 10.5 Å². The lowest BCUT2D eigenvalue weighted by Crippen LogP contribution is -2.31. The Balaban J connectivity index is 1.27. The summed E-state index contributed by atoms with van der Waals surface area (Å²) in [6, 6.07) is 30.1. The number of nitrogens with zero attached hydrogens (tertiary/aromatic N) is 1. The van der Waals surface area contributed by atoms with Gasteiger partial charge in [-0.3, -0.25) is 19.2 Å². The molecule has 9 heteroatoms. The van der Waals surface area contributed by atoms with Gasteiger partial charge in [0, 0.05) is 27.6 Å². The van der Waals surface area contributed by atoms with Crippen molar-refractivity contribution in [3.05, 3.63) is 131 Å². The largest absolute Gasteiger partial charge is 0.321 e. The SMILES string of the molecule is CC(C)c1ccc(N2C(=O)CC(Sc3ccc(NC(=O)/C(=C/c4ccccc4Cl)NC(=O)c4ccccc4)cc3)C2=O)cc1. The van der Waals surface area contributed by atoms with Crippen LogP contribution >= 0.6 is 23.4 Å². The third kappa shape index (κ3) is 7.27. The quantitative estimate of drug-likeness (QED) is 0.151. The summed E-state index contributed by atoms with van der Waals surface area (Å²) < 4.78 is 0. The van der Waals surface area contributed by atoms with Gasteiger partial charge in [0.05, 0.1) is 10.9 Å². The number of hydrogen-bond donors (Lipinski definition) is 2. The normalized spacial score (nSPS) is 15.0. The van der Waals surface area contributed by atoms with E-state index < -0.39 is 17.1 Å². The maximum atomic E-state index is 13.3. The number of benzene rings is 4. The van der Waals surface area contributed by atoms with Crippen molar-refractivity contribution in [1.82, 2.24) is 5.32 Å². The first-order valence-electron chi connectivity index (χ1n) is 14.1. The Hall–Kier alpha value is -4.66. The molecule has 4 aromatic rings. The summed E-state index contributed by atoms with van der Waals surface area (Å²) in [4.78, 5) is 54.2. The third-order valence-corrected chi connectivity index (χ3v) is 8.59. The molecule has 1 atom stereocenters. The molecule has 1 aliphatic heterocycles. The van der Waals surface area contributed by atoms with E-state index >= 15 is 0 Å². The van der Waals surface area contributed by atoms with Gasteiger partial charge < -0.3 is 10.6 Å². The van der Waals surface area contributed by atoms with Gasteiger partial charge in [0.25, 0.3) is 11.8 Å². The number of amides is 4. The average molecular weight is 624 g/mol. The summed E-state index contributed by atoms with van der Waals surface area (Å²) in [5.41, 5.74) is 3.18. The number of hydrogen-bond acceptors (Lipinski definition) is 5. The Morgan fingerprint density at radius 3 is 2.20 bits per heavy atom. The Kier molecular flexibility index (Phi) is 9.62. The highest BCUT2D eigenvalue weighted by Crippen LogP contribution is 2.35. The minimum absolute atomic E-state index is 0.0157. The highest BCUT2D eigenvalue weighted by Gasteiger charge is 2.40. The molecule has 0 saturated carbocycles. The monoisotopic (exact) mass is 623 g/mol. The second-order valence-electron chi connectivity index (χ2n) is 10.5. The van der Waals surface area contributed by atoms with Crippen LogP contribution in [0.15, 0.2) is 114 Å². The molecule has 1 heterocycles. The van der Waals surface area contributed by atoms with Crippen LogP contribution in [0.1, 0.15) is 47.7 Å². The first-order chi connectivity index (χ1) is 21.2. The predicted molar refractivity (Wildman–Crippen MR) is 176 cm³/mol. The summed E-state index contributed by atoms with van der Waals surface area (Å²) in [6.45, 7) is 4.18. The molecular formula is C35H30ClN3O4S. The molecule has 4 amide bonds. The molecule has 44 heavy (non-hydrogen) atoms. The van der Waals surface area contributed by atoms with Gasteiger partial charge in [-0.2, -0.15) is 0 Å². The highest BCUT2D eigenvalue weighted by molar-refractivity contribution is 8.00. The van der Waals surface area contributed by atoms with E-state index in [1.807, 2.05) is 24.3 Å². The highest BCUT2D eigenvalue weighted by atomic mass is 35.5. The Morgan fingerprint density at radius 1 is 0.886 bits per heavy atom. The summed E-state index contributed by atoms with van der Waals surface area (Å²) in [5.74, 6) is -1.11. The molecule has 1 aliphatic rings. The standard InChI is InChI=1S/C35H30ClN3O4S/c1-22(2)23-12-16-27(17-13-23)39-32(40)21-31(35(39)43)44-28-18-14-26(15-19-28)37-34(42)30(20-25-10-6-7-11-29(25)36)38-33(41)24-8-4-3-5-9-24/h3-20,22,31H,21H2,1-2H3,(H,37,42)(H,38,41)/b30-20-. The molecule has 0 radical (unpaired) electrons. The van der Waals surface area contributed by atoms with Gasteiger partial charge >= 0.3 is 0 Å². The summed E-state index contributed by atoms with van der Waals surface area (Å²) >= 11 is 7.62. The van der Waals surface area contributed by atoms with E-state index in [4.69, 9.17) is 11.6 Å². The lowest BCUT2D eigenvalue weighted by atomic mass is 10.0. The predicted octanol–water partition coefficient (Wildman–Crippen LogP) is 7.30. The number of halogens is 1. The number of carbonyl (C=O) groups is 4. The summed E-state index contributed by atoms with van der Waals surface area (Å²) in [6.07, 6.45) is 1.62. The van der Waals surface area contributed by atoms with Crippen LogP contribution < -0.4 is 15.5 Å². The van der Waals surface area contributed by atoms with Crippen molar-refractivity contribution in [2.24, 2.45) is 0 Å². The van der Waals surface area contributed by atoms with Crippen LogP contribution in [0.25, 0.3) is 6.08 Å². The van der Waals surface area contributed by atoms with Crippen molar-refractivity contribution in [3.63, 3.8) is 0 Å². The molecule has 4 aromatic carbocycles. The van der Waals surface area contributed by atoms with Gasteiger partial charge in [-0.05, 0) is 77.7 Å². The summed E-state index contributed by atoms with van der Waals surface area (Å²) in [7, 11) is 0. The lowest BCUT2D eigenvalue weighted by molar-refractivity contribution is -0.121. The first-order valence-corrected chi connectivity index (χ1v) is 15.3. The van der Waals surface area contributed by atoms with Crippen LogP contribution in [0.2, 0.25) is 5.02 Å². The zero-order chi connectivity index (χ0) is 31.2. The molecule has 0 spiro atoms. The van der Waals surface area contributed by atoms with Gasteiger partial charge in [0.1, 0.15) is 5.70 Å². The molecule has 1 unspecified atom stereocenters. The zero-order valence-corrected chi connectivity index (χ0v) is 25.7. The number of thioether (sulfide) groups is 1. The van der Waals surface area contributed by atoms with Crippen LogP contribution in [0.4, 0.5) is 11.4 Å². The van der Waals surface area contributed by atoms with Gasteiger partial charge in [-0.1, -0.05) is 74.0 Å². The van der Waals surface area contributed by atoms with E-state index in [1.54, 1.807) is 78.9 Å². The minimum Gasteiger partial charge on any atom is -0.321 e. The molecule has 5 rings (SSSR count). The van der Waals surface area contributed by atoms with Crippen LogP contribution in [0, 0.1) is 0 Å². The maximum absolute atomic E-state index is 13.3. The Morgan fingerprint density at radius 2 is 1.55 bits per heavy atom. The first kappa shape index (κ1) is 30.8. The van der Waals surface area contributed by atoms with E-state index in [1.165, 1.54) is 22.7 Å². The van der Waals surface area contributed by atoms with Crippen molar-refractivity contribution in [1.29, 1.82) is 0 Å². The van der Waals surface area contributed by atoms with E-state index in [9.17, 15) is 19.2 Å².